The number of nitrogens with one attached hydrogen (secondary N) is 1. The minimum absolute atomic E-state index is 0.181. The first kappa shape index (κ1) is 20.4. The maximum absolute atomic E-state index is 9.47. The van der Waals surface area contributed by atoms with E-state index < -0.39 is 0 Å². The zero-order valence-electron chi connectivity index (χ0n) is 16.6. The van der Waals surface area contributed by atoms with Crippen molar-refractivity contribution < 1.29 is 9.84 Å². The standard InChI is InChI=1S/C22H22BrN5O2/c1-24-16-4-5-17-18(10-16)21(25-11-14-3-6-20(30-2)19(23)9-14)26-27-22(17)28-8-7-15(12-28)13-29/h3-6,9-10,15,29H,7-8,11-13H2,2H3,(H,25,26)/t15-/m0/s1. The molecular weight excluding hydrogens is 446 g/mol. The Hall–Kier alpha value is -2.89. The van der Waals surface area contributed by atoms with Crippen molar-refractivity contribution in [3.05, 3.63) is 57.9 Å². The molecular formula is C22H22BrN5O2. The highest BCUT2D eigenvalue weighted by Gasteiger charge is 2.25. The minimum Gasteiger partial charge on any atom is -0.496 e. The van der Waals surface area contributed by atoms with Crippen molar-refractivity contribution in [1.29, 1.82) is 0 Å². The maximum atomic E-state index is 9.47. The van der Waals surface area contributed by atoms with Crippen LogP contribution >= 0.6 is 15.9 Å². The van der Waals surface area contributed by atoms with Gasteiger partial charge in [-0.3, -0.25) is 0 Å². The highest BCUT2D eigenvalue weighted by Crippen LogP contribution is 2.34. The summed E-state index contributed by atoms with van der Waals surface area (Å²) >= 11 is 3.51. The second-order valence-corrected chi connectivity index (χ2v) is 8.17. The molecule has 30 heavy (non-hydrogen) atoms. The first-order valence-corrected chi connectivity index (χ1v) is 10.5. The molecule has 1 fully saturated rings. The average Bonchev–Trinajstić information content (AvgIpc) is 3.26. The number of ether oxygens (including phenoxy) is 1. The van der Waals surface area contributed by atoms with Crippen LogP contribution in [0.5, 0.6) is 5.75 Å². The lowest BCUT2D eigenvalue weighted by Gasteiger charge is -2.20. The molecule has 2 heterocycles. The number of aliphatic hydroxyl groups is 1. The smallest absolute Gasteiger partial charge is 0.188 e. The third kappa shape index (κ3) is 4.04. The van der Waals surface area contributed by atoms with Gasteiger partial charge in [0.05, 0.1) is 18.2 Å². The van der Waals surface area contributed by atoms with Gasteiger partial charge >= 0.3 is 0 Å². The zero-order valence-corrected chi connectivity index (χ0v) is 18.2. The summed E-state index contributed by atoms with van der Waals surface area (Å²) in [6, 6.07) is 11.5. The van der Waals surface area contributed by atoms with Gasteiger partial charge in [-0.15, -0.1) is 10.2 Å². The van der Waals surface area contributed by atoms with Crippen molar-refractivity contribution in [3.63, 3.8) is 0 Å². The lowest BCUT2D eigenvalue weighted by molar-refractivity contribution is 0.238. The molecule has 0 unspecified atom stereocenters. The molecule has 0 amide bonds. The molecule has 1 aliphatic heterocycles. The van der Waals surface area contributed by atoms with Gasteiger partial charge in [-0.1, -0.05) is 18.2 Å². The Balaban J connectivity index is 1.65. The predicted molar refractivity (Wildman–Crippen MR) is 121 cm³/mol. The van der Waals surface area contributed by atoms with Crippen molar-refractivity contribution in [3.8, 4) is 5.75 Å². The van der Waals surface area contributed by atoms with Crippen molar-refractivity contribution in [2.24, 2.45) is 5.92 Å². The number of aliphatic hydroxyl groups excluding tert-OH is 1. The molecule has 2 aromatic carbocycles. The lowest BCUT2D eigenvalue weighted by Crippen LogP contribution is -2.22. The van der Waals surface area contributed by atoms with E-state index in [1.54, 1.807) is 7.11 Å². The fourth-order valence-corrected chi connectivity index (χ4v) is 4.33. The summed E-state index contributed by atoms with van der Waals surface area (Å²) in [5.41, 5.74) is 1.62. The van der Waals surface area contributed by atoms with Crippen LogP contribution in [-0.4, -0.2) is 42.1 Å². The van der Waals surface area contributed by atoms with E-state index >= 15 is 0 Å². The molecule has 8 heteroatoms. The van der Waals surface area contributed by atoms with Gasteiger partial charge in [0.15, 0.2) is 17.3 Å². The molecule has 154 valence electrons. The van der Waals surface area contributed by atoms with Gasteiger partial charge in [0, 0.05) is 42.9 Å². The summed E-state index contributed by atoms with van der Waals surface area (Å²) in [5, 5.41) is 23.6. The van der Waals surface area contributed by atoms with E-state index in [0.29, 0.717) is 18.1 Å². The second kappa shape index (κ2) is 8.86. The van der Waals surface area contributed by atoms with Crippen molar-refractivity contribution in [2.45, 2.75) is 13.0 Å². The summed E-state index contributed by atoms with van der Waals surface area (Å²) in [6.45, 7) is 9.72. The zero-order chi connectivity index (χ0) is 21.1. The third-order valence-electron chi connectivity index (χ3n) is 5.39. The van der Waals surface area contributed by atoms with Gasteiger partial charge in [-0.05, 0) is 46.1 Å². The Morgan fingerprint density at radius 2 is 2.13 bits per heavy atom. The topological polar surface area (TPSA) is 74.9 Å². The van der Waals surface area contributed by atoms with E-state index in [1.165, 1.54) is 0 Å². The molecule has 7 nitrogen and oxygen atoms in total. The molecule has 1 aromatic heterocycles. The molecule has 0 saturated carbocycles. The van der Waals surface area contributed by atoms with Gasteiger partial charge in [0.25, 0.3) is 0 Å². The number of rotatable bonds is 6. The average molecular weight is 468 g/mol. The summed E-state index contributed by atoms with van der Waals surface area (Å²) < 4.78 is 6.17. The van der Waals surface area contributed by atoms with Crippen LogP contribution in [0.2, 0.25) is 0 Å². The van der Waals surface area contributed by atoms with E-state index in [9.17, 15) is 5.11 Å². The Labute approximate surface area is 183 Å². The van der Waals surface area contributed by atoms with Gasteiger partial charge < -0.3 is 20.1 Å². The molecule has 1 aliphatic rings. The summed E-state index contributed by atoms with van der Waals surface area (Å²) in [5.74, 6) is 2.48. The Kier molecular flexibility index (Phi) is 6.02. The fraction of sp³-hybridized carbons (Fsp3) is 0.318. The fourth-order valence-electron chi connectivity index (χ4n) is 3.74. The number of anilines is 2. The lowest BCUT2D eigenvalue weighted by atomic mass is 10.1. The summed E-state index contributed by atoms with van der Waals surface area (Å²) in [6.07, 6.45) is 0.937. The number of methoxy groups -OCH3 is 1. The SMILES string of the molecule is [C-]#[N+]c1ccc2c(N3CC[C@H](CO)C3)nnc(NCc3ccc(OC)c(Br)c3)c2c1. The van der Waals surface area contributed by atoms with Crippen LogP contribution in [0.25, 0.3) is 15.6 Å². The molecule has 4 rings (SSSR count). The number of benzene rings is 2. The number of halogens is 1. The number of fused-ring (bicyclic) bond motifs is 1. The number of hydrogen-bond donors (Lipinski definition) is 2. The van der Waals surface area contributed by atoms with Gasteiger partial charge in [0.1, 0.15) is 5.75 Å². The van der Waals surface area contributed by atoms with Crippen LogP contribution in [0.1, 0.15) is 12.0 Å². The first-order valence-electron chi connectivity index (χ1n) is 9.73. The molecule has 0 spiro atoms. The molecule has 2 N–H and O–H groups in total. The predicted octanol–water partition coefficient (Wildman–Crippen LogP) is 4.38. The summed E-state index contributed by atoms with van der Waals surface area (Å²) in [4.78, 5) is 5.74. The number of nitrogens with zero attached hydrogens (tertiary/aromatic N) is 4. The van der Waals surface area contributed by atoms with Crippen LogP contribution in [0.15, 0.2) is 40.9 Å². The first-order chi connectivity index (χ1) is 14.6. The highest BCUT2D eigenvalue weighted by molar-refractivity contribution is 9.10. The molecule has 0 radical (unpaired) electrons. The Morgan fingerprint density at radius 3 is 2.83 bits per heavy atom. The normalized spacial score (nSPS) is 15.9. The van der Waals surface area contributed by atoms with Gasteiger partial charge in [-0.25, -0.2) is 4.85 Å². The number of aromatic nitrogens is 2. The van der Waals surface area contributed by atoms with E-state index in [0.717, 1.165) is 51.9 Å². The van der Waals surface area contributed by atoms with Crippen LogP contribution in [0.3, 0.4) is 0 Å². The molecule has 1 saturated heterocycles. The van der Waals surface area contributed by atoms with Crippen molar-refractivity contribution >= 4 is 44.0 Å². The van der Waals surface area contributed by atoms with Crippen LogP contribution in [0, 0.1) is 12.5 Å². The molecule has 0 aliphatic carbocycles. The van der Waals surface area contributed by atoms with Crippen LogP contribution < -0.4 is 15.0 Å². The quantitative estimate of drug-likeness (QED) is 0.523. The Bertz CT molecular complexity index is 1110. The molecule has 1 atom stereocenters. The van der Waals surface area contributed by atoms with Crippen molar-refractivity contribution in [2.75, 3.05) is 37.0 Å². The largest absolute Gasteiger partial charge is 0.496 e. The van der Waals surface area contributed by atoms with E-state index in [4.69, 9.17) is 11.3 Å². The Morgan fingerprint density at radius 1 is 1.27 bits per heavy atom. The van der Waals surface area contributed by atoms with Crippen LogP contribution in [0.4, 0.5) is 17.3 Å². The second-order valence-electron chi connectivity index (χ2n) is 7.32. The van der Waals surface area contributed by atoms with Crippen molar-refractivity contribution in [1.82, 2.24) is 10.2 Å². The van der Waals surface area contributed by atoms with Gasteiger partial charge in [-0.2, -0.15) is 0 Å². The maximum Gasteiger partial charge on any atom is 0.188 e. The monoisotopic (exact) mass is 467 g/mol. The van der Waals surface area contributed by atoms with E-state index in [-0.39, 0.29) is 12.5 Å². The highest BCUT2D eigenvalue weighted by atomic mass is 79.9. The third-order valence-corrected chi connectivity index (χ3v) is 6.01. The van der Waals surface area contributed by atoms with E-state index in [1.807, 2.05) is 36.4 Å². The molecule has 3 aromatic rings. The summed E-state index contributed by atoms with van der Waals surface area (Å²) in [7, 11) is 1.64. The van der Waals surface area contributed by atoms with Crippen LogP contribution in [-0.2, 0) is 6.54 Å². The van der Waals surface area contributed by atoms with Gasteiger partial charge in [0.2, 0.25) is 0 Å². The minimum atomic E-state index is 0.181. The van der Waals surface area contributed by atoms with E-state index in [2.05, 4.69) is 41.2 Å². The molecule has 0 bridgehead atoms. The number of hydrogen-bond acceptors (Lipinski definition) is 6.